The maximum absolute atomic E-state index is 2.44. The van der Waals surface area contributed by atoms with Crippen molar-refractivity contribution in [2.45, 2.75) is 40.0 Å². The van der Waals surface area contributed by atoms with Crippen LogP contribution >= 0.6 is 0 Å². The van der Waals surface area contributed by atoms with Gasteiger partial charge in [0.1, 0.15) is 0 Å². The second kappa shape index (κ2) is 1.78. The van der Waals surface area contributed by atoms with Crippen LogP contribution in [0.4, 0.5) is 0 Å². The quantitative estimate of drug-likeness (QED) is 0.550. The van der Waals surface area contributed by atoms with Gasteiger partial charge in [-0.25, -0.2) is 0 Å². The normalized spacial score (nSPS) is 46.2. The Morgan fingerprint density at radius 1 is 1.10 bits per heavy atom. The molecule has 0 saturated heterocycles. The van der Waals surface area contributed by atoms with Crippen molar-refractivity contribution in [3.63, 3.8) is 0 Å². The molecule has 3 rings (SSSR count). The molecule has 0 spiro atoms. The summed E-state index contributed by atoms with van der Waals surface area (Å²) < 4.78 is 0. The van der Waals surface area contributed by atoms with Gasteiger partial charge in [0.05, 0.1) is 0 Å². The van der Waals surface area contributed by atoms with Crippen LogP contribution in [0.5, 0.6) is 0 Å². The first kappa shape index (κ1) is 6.69. The van der Waals surface area contributed by atoms with Crippen molar-refractivity contribution in [3.8, 4) is 0 Å². The Labute approximate surface area is 64.0 Å². The zero-order valence-electron chi connectivity index (χ0n) is 7.35. The first-order valence-electron chi connectivity index (χ1n) is 4.64. The molecule has 1 atom stereocenters. The van der Waals surface area contributed by atoms with E-state index in [4.69, 9.17) is 0 Å². The molecule has 0 aliphatic heterocycles. The molecule has 0 heterocycles. The van der Waals surface area contributed by atoms with Crippen molar-refractivity contribution in [1.29, 1.82) is 0 Å². The van der Waals surface area contributed by atoms with E-state index in [1.165, 1.54) is 0 Å². The lowest BCUT2D eigenvalue weighted by Crippen LogP contribution is -2.56. The molecule has 10 heavy (non-hydrogen) atoms. The first-order valence-corrected chi connectivity index (χ1v) is 4.64. The van der Waals surface area contributed by atoms with Crippen LogP contribution in [0.3, 0.4) is 0 Å². The van der Waals surface area contributed by atoms with Gasteiger partial charge in [0, 0.05) is 0 Å². The van der Waals surface area contributed by atoms with Crippen LogP contribution in [0, 0.1) is 23.2 Å². The minimum atomic E-state index is 0.846. The first-order chi connectivity index (χ1) is 4.64. The van der Waals surface area contributed by atoms with Crippen LogP contribution in [0.1, 0.15) is 40.0 Å². The molecule has 0 aromatic carbocycles. The van der Waals surface area contributed by atoms with E-state index < -0.39 is 0 Å². The molecule has 0 aromatic heterocycles. The Kier molecular flexibility index (Phi) is 1.19. The molecular weight excluding hydrogens is 120 g/mol. The van der Waals surface area contributed by atoms with Crippen molar-refractivity contribution < 1.29 is 0 Å². The van der Waals surface area contributed by atoms with Crippen LogP contribution in [-0.2, 0) is 0 Å². The van der Waals surface area contributed by atoms with Crippen LogP contribution in [-0.4, -0.2) is 0 Å². The van der Waals surface area contributed by atoms with Gasteiger partial charge in [0.15, 0.2) is 0 Å². The summed E-state index contributed by atoms with van der Waals surface area (Å²) in [6, 6.07) is 0. The summed E-state index contributed by atoms with van der Waals surface area (Å²) in [5.74, 6) is 3.04. The highest BCUT2D eigenvalue weighted by Gasteiger charge is 2.59. The van der Waals surface area contributed by atoms with Gasteiger partial charge in [-0.2, -0.15) is 0 Å². The standard InChI is InChI=1S/C10H18/c1-7(2)8(3)10-4-9(5-10)6-10/h7-9H,4-6H2,1-3H3/t8-,9?,10?/m1/s1. The molecule has 58 valence electrons. The smallest absolute Gasteiger partial charge is 0.0261 e. The third kappa shape index (κ3) is 0.627. The topological polar surface area (TPSA) is 0 Å². The molecule has 3 aliphatic carbocycles. The Balaban J connectivity index is 1.98. The SMILES string of the molecule is CC(C)[C@@H](C)C12CC(C1)C2. The lowest BCUT2D eigenvalue weighted by molar-refractivity contribution is -0.157. The second-order valence-electron chi connectivity index (χ2n) is 4.87. The minimum Gasteiger partial charge on any atom is -0.0625 e. The van der Waals surface area contributed by atoms with Crippen LogP contribution in [0.15, 0.2) is 0 Å². The van der Waals surface area contributed by atoms with Crippen LogP contribution in [0.2, 0.25) is 0 Å². The van der Waals surface area contributed by atoms with Gasteiger partial charge < -0.3 is 0 Å². The number of hydrogen-bond donors (Lipinski definition) is 0. The van der Waals surface area contributed by atoms with E-state index in [1.54, 1.807) is 19.3 Å². The third-order valence-electron chi connectivity index (χ3n) is 4.05. The average Bonchev–Trinajstić information content (AvgIpc) is 1.56. The molecule has 0 aromatic rings. The molecule has 3 aliphatic rings. The van der Waals surface area contributed by atoms with Gasteiger partial charge >= 0.3 is 0 Å². The molecule has 0 unspecified atom stereocenters. The fraction of sp³-hybridized carbons (Fsp3) is 1.00. The van der Waals surface area contributed by atoms with Crippen molar-refractivity contribution in [2.24, 2.45) is 23.2 Å². The molecule has 3 fully saturated rings. The summed E-state index contributed by atoms with van der Waals surface area (Å²) in [7, 11) is 0. The summed E-state index contributed by atoms with van der Waals surface area (Å²) in [6.07, 6.45) is 4.69. The number of hydrogen-bond acceptors (Lipinski definition) is 0. The second-order valence-corrected chi connectivity index (χ2v) is 4.87. The highest BCUT2D eigenvalue weighted by molar-refractivity contribution is 5.09. The fourth-order valence-corrected chi connectivity index (χ4v) is 2.81. The molecule has 0 amide bonds. The summed E-state index contributed by atoms with van der Waals surface area (Å²) in [6.45, 7) is 7.18. The Hall–Kier alpha value is 0. The van der Waals surface area contributed by atoms with Crippen molar-refractivity contribution in [2.75, 3.05) is 0 Å². The van der Waals surface area contributed by atoms with Crippen molar-refractivity contribution in [1.82, 2.24) is 0 Å². The van der Waals surface area contributed by atoms with Gasteiger partial charge in [0.2, 0.25) is 0 Å². The van der Waals surface area contributed by atoms with Gasteiger partial charge in [0.25, 0.3) is 0 Å². The average molecular weight is 138 g/mol. The van der Waals surface area contributed by atoms with Gasteiger partial charge in [-0.1, -0.05) is 20.8 Å². The molecule has 3 saturated carbocycles. The summed E-state index contributed by atoms with van der Waals surface area (Å²) in [5.41, 5.74) is 0.846. The van der Waals surface area contributed by atoms with E-state index in [0.29, 0.717) is 0 Å². The molecule has 0 radical (unpaired) electrons. The van der Waals surface area contributed by atoms with E-state index >= 15 is 0 Å². The van der Waals surface area contributed by atoms with Crippen LogP contribution in [0.25, 0.3) is 0 Å². The van der Waals surface area contributed by atoms with E-state index in [-0.39, 0.29) is 0 Å². The summed E-state index contributed by atoms with van der Waals surface area (Å²) in [5, 5.41) is 0. The van der Waals surface area contributed by atoms with E-state index in [2.05, 4.69) is 20.8 Å². The Morgan fingerprint density at radius 2 is 1.60 bits per heavy atom. The van der Waals surface area contributed by atoms with Gasteiger partial charge in [-0.3, -0.25) is 0 Å². The monoisotopic (exact) mass is 138 g/mol. The summed E-state index contributed by atoms with van der Waals surface area (Å²) in [4.78, 5) is 0. The van der Waals surface area contributed by atoms with Gasteiger partial charge in [-0.15, -0.1) is 0 Å². The molecular formula is C10H18. The zero-order chi connectivity index (χ0) is 7.35. The summed E-state index contributed by atoms with van der Waals surface area (Å²) >= 11 is 0. The fourth-order valence-electron chi connectivity index (χ4n) is 2.81. The molecule has 2 bridgehead atoms. The highest BCUT2D eigenvalue weighted by atomic mass is 14.6. The zero-order valence-corrected chi connectivity index (χ0v) is 7.35. The lowest BCUT2D eigenvalue weighted by atomic mass is 9.39. The van der Waals surface area contributed by atoms with E-state index in [9.17, 15) is 0 Å². The predicted octanol–water partition coefficient (Wildman–Crippen LogP) is 3.08. The number of rotatable bonds is 2. The largest absolute Gasteiger partial charge is 0.0625 e. The molecule has 0 nitrogen and oxygen atoms in total. The van der Waals surface area contributed by atoms with Gasteiger partial charge in [-0.05, 0) is 42.4 Å². The molecule has 0 N–H and O–H groups in total. The third-order valence-corrected chi connectivity index (χ3v) is 4.05. The Morgan fingerprint density at radius 3 is 1.70 bits per heavy atom. The lowest BCUT2D eigenvalue weighted by Gasteiger charge is -2.66. The predicted molar refractivity (Wildman–Crippen MR) is 43.8 cm³/mol. The van der Waals surface area contributed by atoms with Crippen molar-refractivity contribution >= 4 is 0 Å². The maximum atomic E-state index is 2.44. The Bertz CT molecular complexity index is 129. The molecule has 0 heteroatoms. The van der Waals surface area contributed by atoms with Crippen molar-refractivity contribution in [3.05, 3.63) is 0 Å². The minimum absolute atomic E-state index is 0.846. The maximum Gasteiger partial charge on any atom is -0.0261 e. The van der Waals surface area contributed by atoms with E-state index in [0.717, 1.165) is 23.2 Å². The van der Waals surface area contributed by atoms with E-state index in [1.807, 2.05) is 0 Å². The highest BCUT2D eigenvalue weighted by Crippen LogP contribution is 2.69. The van der Waals surface area contributed by atoms with Crippen LogP contribution < -0.4 is 0 Å².